The van der Waals surface area contributed by atoms with Gasteiger partial charge in [-0.25, -0.2) is 4.39 Å². The molecule has 7 heteroatoms. The van der Waals surface area contributed by atoms with Gasteiger partial charge in [0.25, 0.3) is 0 Å². The molecule has 2 aromatic rings. The van der Waals surface area contributed by atoms with Crippen molar-refractivity contribution in [2.24, 2.45) is 4.99 Å². The second kappa shape index (κ2) is 12.9. The summed E-state index contributed by atoms with van der Waals surface area (Å²) in [5, 5.41) is 3.38. The lowest BCUT2D eigenvalue weighted by atomic mass is 10.1. The molecule has 1 N–H and O–H groups in total. The number of nitrogens with one attached hydrogen (secondary N) is 1. The van der Waals surface area contributed by atoms with Gasteiger partial charge in [-0.1, -0.05) is 36.4 Å². The van der Waals surface area contributed by atoms with Crippen molar-refractivity contribution < 1.29 is 13.9 Å². The highest BCUT2D eigenvalue weighted by Crippen LogP contribution is 2.14. The number of nitrogens with zero attached hydrogens (tertiary/aromatic N) is 2. The number of hydrogen-bond donors (Lipinski definition) is 1. The van der Waals surface area contributed by atoms with Gasteiger partial charge in [-0.05, 0) is 41.7 Å². The predicted molar refractivity (Wildman–Crippen MR) is 129 cm³/mol. The molecule has 1 heterocycles. The van der Waals surface area contributed by atoms with Gasteiger partial charge in [0.15, 0.2) is 5.96 Å². The summed E-state index contributed by atoms with van der Waals surface area (Å²) < 4.78 is 24.4. The molecule has 1 fully saturated rings. The van der Waals surface area contributed by atoms with Gasteiger partial charge in [0, 0.05) is 40.4 Å². The van der Waals surface area contributed by atoms with E-state index in [2.05, 4.69) is 34.6 Å². The van der Waals surface area contributed by atoms with E-state index in [4.69, 9.17) is 9.47 Å². The molecule has 0 aliphatic carbocycles. The van der Waals surface area contributed by atoms with Gasteiger partial charge in [-0.3, -0.25) is 4.99 Å². The average molecular weight is 527 g/mol. The topological polar surface area (TPSA) is 46.1 Å². The van der Waals surface area contributed by atoms with E-state index < -0.39 is 0 Å². The number of halogens is 2. The van der Waals surface area contributed by atoms with Crippen LogP contribution in [0.4, 0.5) is 4.39 Å². The minimum atomic E-state index is -0.222. The van der Waals surface area contributed by atoms with Crippen LogP contribution in [-0.2, 0) is 29.2 Å². The molecule has 1 aliphatic heterocycles. The zero-order valence-corrected chi connectivity index (χ0v) is 20.0. The summed E-state index contributed by atoms with van der Waals surface area (Å²) >= 11 is 0. The van der Waals surface area contributed by atoms with Crippen molar-refractivity contribution in [1.82, 2.24) is 10.2 Å². The summed E-state index contributed by atoms with van der Waals surface area (Å²) in [5.41, 5.74) is 3.39. The number of hydrogen-bond acceptors (Lipinski definition) is 3. The smallest absolute Gasteiger partial charge is 0.193 e. The third kappa shape index (κ3) is 7.85. The van der Waals surface area contributed by atoms with Gasteiger partial charge in [-0.2, -0.15) is 0 Å². The van der Waals surface area contributed by atoms with Crippen LogP contribution in [0.15, 0.2) is 53.5 Å². The first-order valence-electron chi connectivity index (χ1n) is 10.1. The number of rotatable bonds is 7. The molecular formula is C23H31FIN3O2. The summed E-state index contributed by atoms with van der Waals surface area (Å²) in [6.45, 7) is 3.57. The van der Waals surface area contributed by atoms with Crippen LogP contribution in [0.2, 0.25) is 0 Å². The van der Waals surface area contributed by atoms with Crippen molar-refractivity contribution in [2.45, 2.75) is 38.6 Å². The molecule has 0 atom stereocenters. The minimum Gasteiger partial charge on any atom is -0.381 e. The maximum absolute atomic E-state index is 13.1. The third-order valence-electron chi connectivity index (χ3n) is 5.03. The van der Waals surface area contributed by atoms with Gasteiger partial charge in [0.1, 0.15) is 5.82 Å². The van der Waals surface area contributed by atoms with E-state index in [1.165, 1.54) is 23.3 Å². The highest BCUT2D eigenvalue weighted by atomic mass is 127. The van der Waals surface area contributed by atoms with Gasteiger partial charge in [0.05, 0.1) is 12.7 Å². The van der Waals surface area contributed by atoms with Crippen molar-refractivity contribution >= 4 is 29.9 Å². The number of ether oxygens (including phenoxy) is 2. The first kappa shape index (κ1) is 24.6. The summed E-state index contributed by atoms with van der Waals surface area (Å²) in [6, 6.07) is 15.0. The number of aliphatic imine (C=N–C) groups is 1. The molecule has 3 rings (SSSR count). The van der Waals surface area contributed by atoms with Gasteiger partial charge < -0.3 is 19.7 Å². The Morgan fingerprint density at radius 1 is 1.07 bits per heavy atom. The number of guanidine groups is 1. The summed E-state index contributed by atoms with van der Waals surface area (Å²) in [5.74, 6) is 0.571. The number of benzene rings is 2. The Morgan fingerprint density at radius 3 is 2.30 bits per heavy atom. The van der Waals surface area contributed by atoms with Crippen LogP contribution in [0.1, 0.15) is 29.5 Å². The van der Waals surface area contributed by atoms with E-state index in [9.17, 15) is 4.39 Å². The fraction of sp³-hybridized carbons (Fsp3) is 0.435. The standard InChI is InChI=1S/C23H30FN3O2.HI/c1-25-23(27(2)16-19-7-9-21(24)10-8-19)26-15-18-3-5-20(6-4-18)17-29-22-11-13-28-14-12-22;/h3-10,22H,11-17H2,1-2H3,(H,25,26);1H. The summed E-state index contributed by atoms with van der Waals surface area (Å²) in [7, 11) is 3.73. The molecule has 0 amide bonds. The zero-order chi connectivity index (χ0) is 20.5. The Labute approximate surface area is 195 Å². The van der Waals surface area contributed by atoms with Crippen LogP contribution in [0, 0.1) is 5.82 Å². The molecule has 1 saturated heterocycles. The van der Waals surface area contributed by atoms with Crippen LogP contribution < -0.4 is 5.32 Å². The van der Waals surface area contributed by atoms with Crippen LogP contribution >= 0.6 is 24.0 Å². The van der Waals surface area contributed by atoms with Crippen LogP contribution in [-0.4, -0.2) is 44.3 Å². The van der Waals surface area contributed by atoms with E-state index in [0.717, 1.165) is 37.6 Å². The van der Waals surface area contributed by atoms with Crippen molar-refractivity contribution in [3.63, 3.8) is 0 Å². The fourth-order valence-electron chi connectivity index (χ4n) is 3.31. The van der Waals surface area contributed by atoms with E-state index in [-0.39, 0.29) is 29.8 Å². The van der Waals surface area contributed by atoms with Crippen molar-refractivity contribution in [2.75, 3.05) is 27.3 Å². The molecular weight excluding hydrogens is 496 g/mol. The van der Waals surface area contributed by atoms with Crippen LogP contribution in [0.3, 0.4) is 0 Å². The first-order valence-corrected chi connectivity index (χ1v) is 10.1. The van der Waals surface area contributed by atoms with Gasteiger partial charge in [-0.15, -0.1) is 24.0 Å². The highest BCUT2D eigenvalue weighted by Gasteiger charge is 2.14. The average Bonchev–Trinajstić information content (AvgIpc) is 2.76. The van der Waals surface area contributed by atoms with E-state index in [1.54, 1.807) is 19.2 Å². The lowest BCUT2D eigenvalue weighted by Gasteiger charge is -2.23. The van der Waals surface area contributed by atoms with Crippen LogP contribution in [0.25, 0.3) is 0 Å². The Bertz CT molecular complexity index is 778. The Morgan fingerprint density at radius 2 is 1.67 bits per heavy atom. The summed E-state index contributed by atoms with van der Waals surface area (Å²) in [4.78, 5) is 6.36. The van der Waals surface area contributed by atoms with Crippen molar-refractivity contribution in [3.8, 4) is 0 Å². The molecule has 30 heavy (non-hydrogen) atoms. The van der Waals surface area contributed by atoms with Crippen molar-refractivity contribution in [3.05, 3.63) is 71.0 Å². The molecule has 0 aromatic heterocycles. The molecule has 2 aromatic carbocycles. The predicted octanol–water partition coefficient (Wildman–Crippen LogP) is 4.35. The molecule has 0 radical (unpaired) electrons. The normalized spacial score (nSPS) is 14.8. The monoisotopic (exact) mass is 527 g/mol. The second-order valence-electron chi connectivity index (χ2n) is 7.32. The largest absolute Gasteiger partial charge is 0.381 e. The first-order chi connectivity index (χ1) is 14.1. The van der Waals surface area contributed by atoms with Gasteiger partial charge in [0.2, 0.25) is 0 Å². The lowest BCUT2D eigenvalue weighted by molar-refractivity contribution is -0.0390. The summed E-state index contributed by atoms with van der Waals surface area (Å²) in [6.07, 6.45) is 2.27. The molecule has 0 saturated carbocycles. The molecule has 1 aliphatic rings. The zero-order valence-electron chi connectivity index (χ0n) is 17.6. The van der Waals surface area contributed by atoms with Crippen molar-refractivity contribution in [1.29, 1.82) is 0 Å². The maximum Gasteiger partial charge on any atom is 0.193 e. The molecule has 5 nitrogen and oxygen atoms in total. The maximum atomic E-state index is 13.1. The quantitative estimate of drug-likeness (QED) is 0.331. The fourth-order valence-corrected chi connectivity index (χ4v) is 3.31. The van der Waals surface area contributed by atoms with Gasteiger partial charge >= 0.3 is 0 Å². The Balaban J connectivity index is 0.00000320. The van der Waals surface area contributed by atoms with E-state index in [0.29, 0.717) is 25.8 Å². The van der Waals surface area contributed by atoms with E-state index in [1.807, 2.05) is 11.9 Å². The second-order valence-corrected chi connectivity index (χ2v) is 7.32. The molecule has 0 bridgehead atoms. The molecule has 0 unspecified atom stereocenters. The Hall–Kier alpha value is -1.71. The van der Waals surface area contributed by atoms with Crippen LogP contribution in [0.5, 0.6) is 0 Å². The third-order valence-corrected chi connectivity index (χ3v) is 5.03. The van der Waals surface area contributed by atoms with E-state index >= 15 is 0 Å². The molecule has 0 spiro atoms. The Kier molecular flexibility index (Phi) is 10.5. The SMILES string of the molecule is CN=C(NCc1ccc(COC2CCOCC2)cc1)N(C)Cc1ccc(F)cc1.I. The minimum absolute atomic E-state index is 0. The molecule has 164 valence electrons. The highest BCUT2D eigenvalue weighted by molar-refractivity contribution is 14.0. The lowest BCUT2D eigenvalue weighted by Crippen LogP contribution is -2.38.